The lowest BCUT2D eigenvalue weighted by Crippen LogP contribution is -2.68. The van der Waals surface area contributed by atoms with Gasteiger partial charge in [0.15, 0.2) is 5.78 Å². The summed E-state index contributed by atoms with van der Waals surface area (Å²) >= 11 is 0. The van der Waals surface area contributed by atoms with Crippen LogP contribution in [0.15, 0.2) is 35.9 Å². The van der Waals surface area contributed by atoms with Crippen LogP contribution in [-0.2, 0) is 9.59 Å². The zero-order chi connectivity index (χ0) is 30.7. The molecular formula is C38H55NO3. The third-order valence-electron chi connectivity index (χ3n) is 15.1. The molecule has 42 heavy (non-hydrogen) atoms. The number of ketones is 1. The maximum absolute atomic E-state index is 14.7. The molecule has 0 aromatic heterocycles. The Hall–Kier alpha value is -1.94. The van der Waals surface area contributed by atoms with Crippen LogP contribution < -0.4 is 5.32 Å². The molecule has 4 nitrogen and oxygen atoms in total. The van der Waals surface area contributed by atoms with Crippen LogP contribution in [0.4, 0.5) is 5.69 Å². The molecule has 1 aromatic rings. The highest BCUT2D eigenvalue weighted by Crippen LogP contribution is 2.77. The first-order valence-electron chi connectivity index (χ1n) is 16.7. The number of fused-ring (bicyclic) bond motifs is 7. The Morgan fingerprint density at radius 1 is 0.833 bits per heavy atom. The van der Waals surface area contributed by atoms with Gasteiger partial charge >= 0.3 is 0 Å². The number of benzene rings is 1. The Morgan fingerprint density at radius 3 is 2.14 bits per heavy atom. The summed E-state index contributed by atoms with van der Waals surface area (Å²) in [5, 5.41) is 14.3. The van der Waals surface area contributed by atoms with Crippen LogP contribution in [-0.4, -0.2) is 22.9 Å². The third-order valence-corrected chi connectivity index (χ3v) is 15.1. The lowest BCUT2D eigenvalue weighted by Gasteiger charge is -2.72. The van der Waals surface area contributed by atoms with Gasteiger partial charge in [0.05, 0.1) is 6.10 Å². The van der Waals surface area contributed by atoms with Gasteiger partial charge in [-0.1, -0.05) is 78.7 Å². The van der Waals surface area contributed by atoms with Crippen LogP contribution in [0.1, 0.15) is 119 Å². The highest BCUT2D eigenvalue weighted by molar-refractivity contribution is 5.97. The molecule has 2 N–H and O–H groups in total. The number of amides is 1. The minimum absolute atomic E-state index is 0.0305. The number of carbonyl (C=O) groups is 2. The molecule has 1 amide bonds. The number of anilines is 1. The second-order valence-corrected chi connectivity index (χ2v) is 17.6. The van der Waals surface area contributed by atoms with Gasteiger partial charge in [-0.2, -0.15) is 0 Å². The fourth-order valence-corrected chi connectivity index (χ4v) is 11.9. The molecule has 0 unspecified atom stereocenters. The van der Waals surface area contributed by atoms with E-state index in [1.807, 2.05) is 24.3 Å². The van der Waals surface area contributed by atoms with E-state index in [9.17, 15) is 14.7 Å². The van der Waals surface area contributed by atoms with E-state index in [1.54, 1.807) is 0 Å². The molecule has 4 saturated carbocycles. The molecule has 0 heterocycles. The molecule has 0 saturated heterocycles. The first kappa shape index (κ1) is 30.1. The summed E-state index contributed by atoms with van der Waals surface area (Å²) in [6, 6.07) is 8.08. The minimum atomic E-state index is -0.508. The molecule has 4 heteroatoms. The molecule has 230 valence electrons. The van der Waals surface area contributed by atoms with E-state index in [1.165, 1.54) is 11.1 Å². The normalized spacial score (nSPS) is 47.7. The number of aliphatic hydroxyl groups excluding tert-OH is 1. The smallest absolute Gasteiger partial charge is 0.230 e. The maximum atomic E-state index is 14.7. The summed E-state index contributed by atoms with van der Waals surface area (Å²) in [6.45, 7) is 20.8. The monoisotopic (exact) mass is 573 g/mol. The molecule has 1 aromatic carbocycles. The second kappa shape index (κ2) is 9.05. The average molecular weight is 574 g/mol. The van der Waals surface area contributed by atoms with Crippen molar-refractivity contribution in [3.63, 3.8) is 0 Å². The van der Waals surface area contributed by atoms with E-state index in [0.717, 1.165) is 63.5 Å². The van der Waals surface area contributed by atoms with E-state index in [-0.39, 0.29) is 50.4 Å². The first-order chi connectivity index (χ1) is 19.4. The lowest BCUT2D eigenvalue weighted by atomic mass is 9.31. The van der Waals surface area contributed by atoms with Crippen LogP contribution in [0.5, 0.6) is 0 Å². The third kappa shape index (κ3) is 3.75. The number of rotatable bonds is 2. The van der Waals surface area contributed by atoms with Crippen molar-refractivity contribution in [2.24, 2.45) is 49.7 Å². The van der Waals surface area contributed by atoms with Crippen molar-refractivity contribution in [2.75, 3.05) is 5.32 Å². The van der Waals surface area contributed by atoms with E-state index < -0.39 is 5.41 Å². The quantitative estimate of drug-likeness (QED) is 0.372. The van der Waals surface area contributed by atoms with Crippen LogP contribution in [0.3, 0.4) is 0 Å². The Balaban J connectivity index is 1.40. The predicted molar refractivity (Wildman–Crippen MR) is 170 cm³/mol. The lowest BCUT2D eigenvalue weighted by molar-refractivity contribution is -0.207. The van der Waals surface area contributed by atoms with Gasteiger partial charge in [-0.25, -0.2) is 0 Å². The summed E-state index contributed by atoms with van der Waals surface area (Å²) in [6.07, 6.45) is 10.4. The molecule has 0 bridgehead atoms. The fraction of sp³-hybridized carbons (Fsp3) is 0.737. The topological polar surface area (TPSA) is 66.4 Å². The van der Waals surface area contributed by atoms with Crippen LogP contribution in [0, 0.1) is 56.7 Å². The Morgan fingerprint density at radius 2 is 1.48 bits per heavy atom. The summed E-state index contributed by atoms with van der Waals surface area (Å²) in [5.41, 5.74) is 2.14. The van der Waals surface area contributed by atoms with Crippen molar-refractivity contribution >= 4 is 17.4 Å². The second-order valence-electron chi connectivity index (χ2n) is 17.6. The molecule has 4 fully saturated rings. The molecule has 5 aliphatic rings. The van der Waals surface area contributed by atoms with Gasteiger partial charge in [-0.3, -0.25) is 9.59 Å². The summed E-state index contributed by atoms with van der Waals surface area (Å²) in [5.74, 6) is 0.718. The zero-order valence-corrected chi connectivity index (χ0v) is 27.7. The van der Waals surface area contributed by atoms with Gasteiger partial charge in [0, 0.05) is 17.0 Å². The predicted octanol–water partition coefficient (Wildman–Crippen LogP) is 8.67. The molecule has 5 aliphatic carbocycles. The van der Waals surface area contributed by atoms with Gasteiger partial charge < -0.3 is 10.4 Å². The highest BCUT2D eigenvalue weighted by Gasteiger charge is 2.72. The molecule has 9 atom stereocenters. The number of carbonyl (C=O) groups excluding carboxylic acids is 2. The number of hydrogen-bond donors (Lipinski definition) is 2. The van der Waals surface area contributed by atoms with E-state index in [4.69, 9.17) is 0 Å². The first-order valence-corrected chi connectivity index (χ1v) is 16.7. The number of hydrogen-bond acceptors (Lipinski definition) is 3. The fourth-order valence-electron chi connectivity index (χ4n) is 11.9. The van der Waals surface area contributed by atoms with Crippen molar-refractivity contribution in [3.05, 3.63) is 41.5 Å². The molecule has 0 spiro atoms. The van der Waals surface area contributed by atoms with Crippen molar-refractivity contribution < 1.29 is 14.7 Å². The molecule has 6 rings (SSSR count). The minimum Gasteiger partial charge on any atom is -0.393 e. The number of nitrogens with one attached hydrogen (secondary N) is 1. The summed E-state index contributed by atoms with van der Waals surface area (Å²) in [4.78, 5) is 28.6. The molecule has 0 aliphatic heterocycles. The highest BCUT2D eigenvalue weighted by atomic mass is 16.3. The van der Waals surface area contributed by atoms with Crippen molar-refractivity contribution in [1.29, 1.82) is 0 Å². The van der Waals surface area contributed by atoms with Crippen LogP contribution in [0.2, 0.25) is 0 Å². The largest absolute Gasteiger partial charge is 0.393 e. The average Bonchev–Trinajstić information content (AvgIpc) is 2.90. The zero-order valence-electron chi connectivity index (χ0n) is 27.7. The Labute approximate surface area is 254 Å². The van der Waals surface area contributed by atoms with Crippen LogP contribution in [0.25, 0.3) is 0 Å². The number of aryl methyl sites for hydroxylation is 1. The Kier molecular flexibility index (Phi) is 6.49. The van der Waals surface area contributed by atoms with Gasteiger partial charge in [-0.05, 0) is 121 Å². The summed E-state index contributed by atoms with van der Waals surface area (Å²) in [7, 11) is 0. The Bertz CT molecular complexity index is 1340. The van der Waals surface area contributed by atoms with Gasteiger partial charge in [0.25, 0.3) is 0 Å². The van der Waals surface area contributed by atoms with Crippen molar-refractivity contribution in [1.82, 2.24) is 0 Å². The standard InChI is InChI=1S/C38H55NO3/c1-24-10-12-25(13-11-24)39-31(42)33(4)18-19-34(5)20-21-36(7)28(38(34,9)23-33)22-26(40)30-35(6)16-15-29(41)32(2,3)27(35)14-17-37(30,36)8/h10-13,22,27,29-30,41H,14-21,23H2,1-9H3,(H,39,42)/t27-,29-,30+,33+,34+,35+,36+,37+,38-/m0/s1. The summed E-state index contributed by atoms with van der Waals surface area (Å²) < 4.78 is 0. The van der Waals surface area contributed by atoms with Gasteiger partial charge in [0.1, 0.15) is 0 Å². The number of allylic oxidation sites excluding steroid dienone is 2. The van der Waals surface area contributed by atoms with E-state index >= 15 is 0 Å². The van der Waals surface area contributed by atoms with E-state index in [2.05, 4.69) is 73.7 Å². The number of aliphatic hydroxyl groups is 1. The van der Waals surface area contributed by atoms with Crippen molar-refractivity contribution in [3.8, 4) is 0 Å². The van der Waals surface area contributed by atoms with E-state index in [0.29, 0.717) is 11.7 Å². The SMILES string of the molecule is Cc1ccc(NC(=O)[C@]2(C)CC[C@]3(C)CC[C@]4(C)C(=CC(=O)[C@@H]5[C@]6(C)CC[C@H](O)C(C)(C)[C@@H]6CC[C@]54C)[C@]3(C)C2)cc1. The molecular weight excluding hydrogens is 518 g/mol. The van der Waals surface area contributed by atoms with Crippen molar-refractivity contribution in [2.45, 2.75) is 126 Å². The van der Waals surface area contributed by atoms with Crippen LogP contribution >= 0.6 is 0 Å². The maximum Gasteiger partial charge on any atom is 0.230 e. The molecule has 0 radical (unpaired) electrons. The van der Waals surface area contributed by atoms with Gasteiger partial charge in [0.2, 0.25) is 5.91 Å². The van der Waals surface area contributed by atoms with Gasteiger partial charge in [-0.15, -0.1) is 0 Å².